The van der Waals surface area contributed by atoms with Crippen LogP contribution in [0.25, 0.3) is 0 Å². The van der Waals surface area contributed by atoms with Crippen molar-refractivity contribution in [2.45, 2.75) is 38.1 Å². The van der Waals surface area contributed by atoms with E-state index in [0.717, 1.165) is 31.2 Å². The van der Waals surface area contributed by atoms with E-state index in [0.29, 0.717) is 6.42 Å². The molecule has 0 amide bonds. The average molecular weight is 284 g/mol. The number of hydrogen-bond donors (Lipinski definition) is 3. The molecule has 6 heteroatoms. The van der Waals surface area contributed by atoms with Crippen molar-refractivity contribution in [3.8, 4) is 5.75 Å². The number of hydrogen-bond acceptors (Lipinski definition) is 3. The summed E-state index contributed by atoms with van der Waals surface area (Å²) in [5, 5.41) is 9.58. The lowest BCUT2D eigenvalue weighted by Crippen LogP contribution is -2.42. The lowest BCUT2D eigenvalue weighted by atomic mass is 10.1. The highest BCUT2D eigenvalue weighted by molar-refractivity contribution is 7.87. The van der Waals surface area contributed by atoms with Crippen molar-refractivity contribution in [1.29, 1.82) is 0 Å². The predicted molar refractivity (Wildman–Crippen MR) is 74.1 cm³/mol. The maximum atomic E-state index is 11.8. The number of phenolic OH excluding ortho intramolecular Hbond substituents is 1. The molecular formula is C13H20N2O3S. The van der Waals surface area contributed by atoms with Crippen molar-refractivity contribution in [2.75, 3.05) is 6.54 Å². The molecule has 0 spiro atoms. The van der Waals surface area contributed by atoms with Crippen molar-refractivity contribution >= 4 is 10.2 Å². The summed E-state index contributed by atoms with van der Waals surface area (Å²) in [6.45, 7) is 0.277. The first-order valence-electron chi connectivity index (χ1n) is 6.60. The summed E-state index contributed by atoms with van der Waals surface area (Å²) in [6, 6.07) is 7.02. The molecule has 0 aliphatic heterocycles. The Hall–Kier alpha value is -1.11. The Bertz CT molecular complexity index is 510. The number of aromatic hydroxyl groups is 1. The standard InChI is InChI=1S/C13H20N2O3S/c16-13-8-4-1-5-11(13)9-10-14-19(17,18)15-12-6-2-3-7-12/h1,4-5,8,12,14-16H,2-3,6-7,9-10H2. The molecule has 1 aliphatic carbocycles. The van der Waals surface area contributed by atoms with Gasteiger partial charge in [0.05, 0.1) is 0 Å². The number of nitrogens with one attached hydrogen (secondary N) is 2. The number of phenols is 1. The molecule has 1 fully saturated rings. The van der Waals surface area contributed by atoms with Crippen LogP contribution in [0.15, 0.2) is 24.3 Å². The van der Waals surface area contributed by atoms with Crippen LogP contribution >= 0.6 is 0 Å². The Morgan fingerprint density at radius 2 is 1.89 bits per heavy atom. The molecule has 0 atom stereocenters. The molecule has 0 bridgehead atoms. The molecule has 0 heterocycles. The van der Waals surface area contributed by atoms with Crippen LogP contribution in [0.3, 0.4) is 0 Å². The lowest BCUT2D eigenvalue weighted by molar-refractivity contribution is 0.467. The Morgan fingerprint density at radius 3 is 2.58 bits per heavy atom. The van der Waals surface area contributed by atoms with Gasteiger partial charge in [-0.1, -0.05) is 31.0 Å². The monoisotopic (exact) mass is 284 g/mol. The van der Waals surface area contributed by atoms with Gasteiger partial charge in [-0.05, 0) is 30.9 Å². The first kappa shape index (κ1) is 14.3. The second kappa shape index (κ2) is 6.36. The highest BCUT2D eigenvalue weighted by Crippen LogP contribution is 2.18. The van der Waals surface area contributed by atoms with Gasteiger partial charge < -0.3 is 5.11 Å². The highest BCUT2D eigenvalue weighted by Gasteiger charge is 2.20. The van der Waals surface area contributed by atoms with Crippen molar-refractivity contribution in [3.05, 3.63) is 29.8 Å². The van der Waals surface area contributed by atoms with E-state index in [2.05, 4.69) is 9.44 Å². The zero-order chi connectivity index (χ0) is 13.7. The Kier molecular flexibility index (Phi) is 4.79. The molecule has 1 aromatic carbocycles. The second-order valence-corrected chi connectivity index (χ2v) is 6.41. The van der Waals surface area contributed by atoms with Crippen LogP contribution in [-0.2, 0) is 16.6 Å². The highest BCUT2D eigenvalue weighted by atomic mass is 32.2. The molecule has 0 saturated heterocycles. The largest absolute Gasteiger partial charge is 0.508 e. The molecule has 19 heavy (non-hydrogen) atoms. The predicted octanol–water partition coefficient (Wildman–Crippen LogP) is 1.30. The van der Waals surface area contributed by atoms with Crippen LogP contribution < -0.4 is 9.44 Å². The zero-order valence-corrected chi connectivity index (χ0v) is 11.6. The van der Waals surface area contributed by atoms with Gasteiger partial charge in [0.15, 0.2) is 0 Å². The maximum Gasteiger partial charge on any atom is 0.277 e. The number of benzene rings is 1. The molecule has 0 unspecified atom stereocenters. The van der Waals surface area contributed by atoms with E-state index in [9.17, 15) is 13.5 Å². The van der Waals surface area contributed by atoms with E-state index in [1.54, 1.807) is 18.2 Å². The van der Waals surface area contributed by atoms with Crippen LogP contribution in [0, 0.1) is 0 Å². The van der Waals surface area contributed by atoms with Crippen LogP contribution in [-0.4, -0.2) is 26.1 Å². The number of rotatable bonds is 6. The smallest absolute Gasteiger partial charge is 0.277 e. The average Bonchev–Trinajstić information content (AvgIpc) is 2.83. The Labute approximate surface area is 114 Å². The van der Waals surface area contributed by atoms with E-state index >= 15 is 0 Å². The minimum atomic E-state index is -3.43. The molecule has 1 aliphatic rings. The third kappa shape index (κ3) is 4.49. The van der Waals surface area contributed by atoms with Gasteiger partial charge >= 0.3 is 0 Å². The Morgan fingerprint density at radius 1 is 1.21 bits per heavy atom. The first-order valence-corrected chi connectivity index (χ1v) is 8.09. The van der Waals surface area contributed by atoms with Gasteiger partial charge in [-0.3, -0.25) is 0 Å². The second-order valence-electron chi connectivity index (χ2n) is 4.88. The van der Waals surface area contributed by atoms with Crippen LogP contribution in [0.4, 0.5) is 0 Å². The normalized spacial score (nSPS) is 16.8. The lowest BCUT2D eigenvalue weighted by Gasteiger charge is -2.13. The van der Waals surface area contributed by atoms with Gasteiger partial charge in [-0.2, -0.15) is 13.1 Å². The molecule has 1 aromatic rings. The van der Waals surface area contributed by atoms with Gasteiger partial charge in [0.1, 0.15) is 5.75 Å². The van der Waals surface area contributed by atoms with Gasteiger partial charge in [0.25, 0.3) is 10.2 Å². The quantitative estimate of drug-likeness (QED) is 0.737. The molecule has 3 N–H and O–H groups in total. The van der Waals surface area contributed by atoms with E-state index in [1.165, 1.54) is 0 Å². The summed E-state index contributed by atoms with van der Waals surface area (Å²) >= 11 is 0. The van der Waals surface area contributed by atoms with Crippen molar-refractivity contribution in [2.24, 2.45) is 0 Å². The van der Waals surface area contributed by atoms with Gasteiger partial charge in [-0.15, -0.1) is 0 Å². The van der Waals surface area contributed by atoms with Gasteiger partial charge in [-0.25, -0.2) is 4.72 Å². The third-order valence-electron chi connectivity index (χ3n) is 3.36. The summed E-state index contributed by atoms with van der Waals surface area (Å²) in [5.41, 5.74) is 0.742. The fourth-order valence-electron chi connectivity index (χ4n) is 2.35. The summed E-state index contributed by atoms with van der Waals surface area (Å²) in [4.78, 5) is 0. The molecular weight excluding hydrogens is 264 g/mol. The minimum Gasteiger partial charge on any atom is -0.508 e. The number of para-hydroxylation sites is 1. The molecule has 2 rings (SSSR count). The van der Waals surface area contributed by atoms with Crippen LogP contribution in [0.2, 0.25) is 0 Å². The zero-order valence-electron chi connectivity index (χ0n) is 10.8. The third-order valence-corrected chi connectivity index (χ3v) is 4.58. The van der Waals surface area contributed by atoms with Gasteiger partial charge in [0, 0.05) is 12.6 Å². The van der Waals surface area contributed by atoms with Crippen LogP contribution in [0.1, 0.15) is 31.2 Å². The fraction of sp³-hybridized carbons (Fsp3) is 0.538. The summed E-state index contributed by atoms with van der Waals surface area (Å²) in [7, 11) is -3.43. The molecule has 5 nitrogen and oxygen atoms in total. The van der Waals surface area contributed by atoms with Crippen molar-refractivity contribution < 1.29 is 13.5 Å². The SMILES string of the molecule is O=S(=O)(NCCc1ccccc1O)NC1CCCC1. The van der Waals surface area contributed by atoms with Crippen LogP contribution in [0.5, 0.6) is 5.75 Å². The van der Waals surface area contributed by atoms with E-state index in [1.807, 2.05) is 6.07 Å². The topological polar surface area (TPSA) is 78.4 Å². The Balaban J connectivity index is 1.79. The van der Waals surface area contributed by atoms with Gasteiger partial charge in [0.2, 0.25) is 0 Å². The summed E-state index contributed by atoms with van der Waals surface area (Å²) in [6.07, 6.45) is 4.48. The minimum absolute atomic E-state index is 0.0719. The van der Waals surface area contributed by atoms with Crippen molar-refractivity contribution in [3.63, 3.8) is 0 Å². The van der Waals surface area contributed by atoms with E-state index in [-0.39, 0.29) is 18.3 Å². The maximum absolute atomic E-state index is 11.8. The molecule has 1 saturated carbocycles. The summed E-state index contributed by atoms with van der Waals surface area (Å²) < 4.78 is 28.7. The first-order chi connectivity index (χ1) is 9.07. The fourth-order valence-corrected chi connectivity index (χ4v) is 3.48. The van der Waals surface area contributed by atoms with Crippen molar-refractivity contribution in [1.82, 2.24) is 9.44 Å². The molecule has 0 radical (unpaired) electrons. The van der Waals surface area contributed by atoms with E-state index < -0.39 is 10.2 Å². The van der Waals surface area contributed by atoms with E-state index in [4.69, 9.17) is 0 Å². The molecule has 0 aromatic heterocycles. The summed E-state index contributed by atoms with van der Waals surface area (Å²) in [5.74, 6) is 0.199. The molecule has 106 valence electrons.